The number of benzene rings is 4. The highest BCUT2D eigenvalue weighted by Crippen LogP contribution is 2.60. The molecule has 0 N–H and O–H groups in total. The summed E-state index contributed by atoms with van der Waals surface area (Å²) in [5.74, 6) is -0.454. The zero-order chi connectivity index (χ0) is 24.5. The first-order valence-corrected chi connectivity index (χ1v) is 12.1. The third kappa shape index (κ3) is 4.15. The molecule has 0 saturated carbocycles. The Balaban J connectivity index is 1.95. The number of rotatable bonds is 5. The van der Waals surface area contributed by atoms with Crippen molar-refractivity contribution in [2.24, 2.45) is 0 Å². The zero-order valence-corrected chi connectivity index (χ0v) is 20.4. The lowest BCUT2D eigenvalue weighted by Crippen LogP contribution is -2.43. The summed E-state index contributed by atoms with van der Waals surface area (Å²) < 4.78 is 7.15. The van der Waals surface area contributed by atoms with Crippen LogP contribution in [0.25, 0.3) is 11.1 Å². The maximum atomic E-state index is 14.6. The smallest absolute Gasteiger partial charge is 0.174 e. The quantitative estimate of drug-likeness (QED) is 0.307. The molecule has 174 valence electrons. The van der Waals surface area contributed by atoms with Gasteiger partial charge in [0.2, 0.25) is 0 Å². The fourth-order valence-corrected chi connectivity index (χ4v) is 5.32. The number of carbonyl (C=O) groups is 1. The summed E-state index contributed by atoms with van der Waals surface area (Å²) in [6.07, 6.45) is 0. The molecule has 0 radical (unpaired) electrons. The Bertz CT molecular complexity index is 1330. The van der Waals surface area contributed by atoms with E-state index in [-0.39, 0.29) is 5.78 Å². The minimum atomic E-state index is -1.01. The summed E-state index contributed by atoms with van der Waals surface area (Å²) in [7, 11) is 0. The molecule has 0 aromatic heterocycles. The van der Waals surface area contributed by atoms with Gasteiger partial charge in [-0.2, -0.15) is 0 Å². The Morgan fingerprint density at radius 3 is 1.60 bits per heavy atom. The van der Waals surface area contributed by atoms with Crippen LogP contribution in [0.3, 0.4) is 0 Å². The number of hydrogen-bond donors (Lipinski definition) is 0. The number of allylic oxidation sites excluding steroid dienone is 1. The second-order valence-electron chi connectivity index (χ2n) is 10.0. The molecule has 0 spiro atoms. The van der Waals surface area contributed by atoms with Crippen LogP contribution in [0.1, 0.15) is 48.9 Å². The van der Waals surface area contributed by atoms with Crippen molar-refractivity contribution >= 4 is 16.9 Å². The SMILES string of the molecule is CC(C)(C)OC1(c2ccccc2)C(c2ccccc2)=C(c2ccccc2)C(=O)C1c1ccccc1. The Hall–Kier alpha value is -3.75. The molecule has 1 aliphatic carbocycles. The van der Waals surface area contributed by atoms with Gasteiger partial charge in [-0.15, -0.1) is 0 Å². The average molecular weight is 459 g/mol. The third-order valence-electron chi connectivity index (χ3n) is 6.46. The molecule has 0 amide bonds. The van der Waals surface area contributed by atoms with Crippen LogP contribution in [0.4, 0.5) is 0 Å². The highest BCUT2D eigenvalue weighted by molar-refractivity contribution is 6.35. The van der Waals surface area contributed by atoms with E-state index in [1.165, 1.54) is 0 Å². The lowest BCUT2D eigenvalue weighted by molar-refractivity contribution is -0.134. The Kier molecular flexibility index (Phi) is 6.00. The molecule has 1 aliphatic rings. The van der Waals surface area contributed by atoms with Gasteiger partial charge in [-0.25, -0.2) is 0 Å². The van der Waals surface area contributed by atoms with Crippen LogP contribution >= 0.6 is 0 Å². The van der Waals surface area contributed by atoms with Crippen LogP contribution in [-0.4, -0.2) is 11.4 Å². The lowest BCUT2D eigenvalue weighted by atomic mass is 9.73. The van der Waals surface area contributed by atoms with Crippen molar-refractivity contribution in [2.45, 2.75) is 37.9 Å². The topological polar surface area (TPSA) is 26.3 Å². The predicted molar refractivity (Wildman–Crippen MR) is 143 cm³/mol. The van der Waals surface area contributed by atoms with Crippen molar-refractivity contribution in [3.05, 3.63) is 144 Å². The van der Waals surface area contributed by atoms with Crippen molar-refractivity contribution in [3.63, 3.8) is 0 Å². The van der Waals surface area contributed by atoms with Crippen molar-refractivity contribution in [1.29, 1.82) is 0 Å². The fraction of sp³-hybridized carbons (Fsp3) is 0.182. The first-order valence-electron chi connectivity index (χ1n) is 12.1. The van der Waals surface area contributed by atoms with Gasteiger partial charge >= 0.3 is 0 Å². The highest BCUT2D eigenvalue weighted by Gasteiger charge is 2.58. The number of ketones is 1. The molecule has 0 fully saturated rings. The third-order valence-corrected chi connectivity index (χ3v) is 6.46. The van der Waals surface area contributed by atoms with E-state index in [0.29, 0.717) is 0 Å². The molecule has 2 heteroatoms. The standard InChI is InChI=1S/C33H30O2/c1-32(2,3)35-33(27-22-14-7-15-23-27)29(25-18-10-5-11-19-25)28(24-16-8-4-9-17-24)31(34)30(33)26-20-12-6-13-21-26/h4-23,30H,1-3H3. The number of carbonyl (C=O) groups excluding carboxylic acids is 1. The molecule has 2 unspecified atom stereocenters. The minimum absolute atomic E-state index is 0.0781. The summed E-state index contributed by atoms with van der Waals surface area (Å²) in [6, 6.07) is 40.5. The molecule has 4 aromatic carbocycles. The lowest BCUT2D eigenvalue weighted by Gasteiger charge is -2.43. The first-order chi connectivity index (χ1) is 16.9. The van der Waals surface area contributed by atoms with E-state index in [1.54, 1.807) is 0 Å². The normalized spacial score (nSPS) is 20.3. The van der Waals surface area contributed by atoms with E-state index in [4.69, 9.17) is 4.74 Å². The second-order valence-corrected chi connectivity index (χ2v) is 10.0. The summed E-state index contributed by atoms with van der Waals surface area (Å²) in [5.41, 5.74) is 3.94. The van der Waals surface area contributed by atoms with E-state index in [1.807, 2.05) is 97.1 Å². The zero-order valence-electron chi connectivity index (χ0n) is 20.4. The van der Waals surface area contributed by atoms with E-state index < -0.39 is 17.1 Å². The van der Waals surface area contributed by atoms with Crippen LogP contribution in [-0.2, 0) is 15.1 Å². The first kappa shape index (κ1) is 23.0. The fourth-order valence-electron chi connectivity index (χ4n) is 5.32. The maximum Gasteiger partial charge on any atom is 0.174 e. The average Bonchev–Trinajstić information content (AvgIpc) is 3.13. The minimum Gasteiger partial charge on any atom is -0.359 e. The second kappa shape index (κ2) is 9.13. The van der Waals surface area contributed by atoms with Gasteiger partial charge in [-0.3, -0.25) is 4.79 Å². The molecule has 5 rings (SSSR count). The molecule has 4 aromatic rings. The van der Waals surface area contributed by atoms with Crippen LogP contribution in [0.2, 0.25) is 0 Å². The molecular weight excluding hydrogens is 428 g/mol. The van der Waals surface area contributed by atoms with Gasteiger partial charge < -0.3 is 4.74 Å². The van der Waals surface area contributed by atoms with Crippen LogP contribution in [0.15, 0.2) is 121 Å². The summed E-state index contributed by atoms with van der Waals surface area (Å²) in [5, 5.41) is 0. The highest BCUT2D eigenvalue weighted by atomic mass is 16.5. The molecule has 35 heavy (non-hydrogen) atoms. The van der Waals surface area contributed by atoms with Gasteiger partial charge in [-0.05, 0) is 43.0 Å². The van der Waals surface area contributed by atoms with E-state index in [2.05, 4.69) is 45.0 Å². The Morgan fingerprint density at radius 2 is 1.09 bits per heavy atom. The van der Waals surface area contributed by atoms with Gasteiger partial charge in [0.15, 0.2) is 5.78 Å². The molecule has 0 saturated heterocycles. The Morgan fingerprint density at radius 1 is 0.629 bits per heavy atom. The Labute approximate surface area is 207 Å². The van der Waals surface area contributed by atoms with Gasteiger partial charge in [0.05, 0.1) is 11.5 Å². The van der Waals surface area contributed by atoms with E-state index >= 15 is 0 Å². The van der Waals surface area contributed by atoms with E-state index in [9.17, 15) is 4.79 Å². The molecule has 0 bridgehead atoms. The largest absolute Gasteiger partial charge is 0.359 e. The summed E-state index contributed by atoms with van der Waals surface area (Å²) in [6.45, 7) is 6.19. The van der Waals surface area contributed by atoms with E-state index in [0.717, 1.165) is 33.4 Å². The molecule has 0 aliphatic heterocycles. The summed E-state index contributed by atoms with van der Waals surface area (Å²) >= 11 is 0. The number of hydrogen-bond acceptors (Lipinski definition) is 2. The molecule has 2 nitrogen and oxygen atoms in total. The summed E-state index contributed by atoms with van der Waals surface area (Å²) in [4.78, 5) is 14.6. The van der Waals surface area contributed by atoms with Gasteiger partial charge in [0, 0.05) is 11.1 Å². The maximum absolute atomic E-state index is 14.6. The van der Waals surface area contributed by atoms with Crippen LogP contribution in [0.5, 0.6) is 0 Å². The van der Waals surface area contributed by atoms with Gasteiger partial charge in [-0.1, -0.05) is 121 Å². The molecule has 2 atom stereocenters. The van der Waals surface area contributed by atoms with Gasteiger partial charge in [0.25, 0.3) is 0 Å². The number of Topliss-reactive ketones (excluding diaryl/α,β-unsaturated/α-hetero) is 1. The molecular formula is C33H30O2. The van der Waals surface area contributed by atoms with Crippen molar-refractivity contribution < 1.29 is 9.53 Å². The molecule has 0 heterocycles. The predicted octanol–water partition coefficient (Wildman–Crippen LogP) is 7.67. The van der Waals surface area contributed by atoms with Crippen molar-refractivity contribution in [2.75, 3.05) is 0 Å². The monoisotopic (exact) mass is 458 g/mol. The van der Waals surface area contributed by atoms with Crippen LogP contribution in [0, 0.1) is 0 Å². The van der Waals surface area contributed by atoms with Crippen molar-refractivity contribution in [1.82, 2.24) is 0 Å². The van der Waals surface area contributed by atoms with Crippen LogP contribution < -0.4 is 0 Å². The van der Waals surface area contributed by atoms with Gasteiger partial charge in [0.1, 0.15) is 5.60 Å². The number of ether oxygens (including phenoxy) is 1. The van der Waals surface area contributed by atoms with Crippen molar-refractivity contribution in [3.8, 4) is 0 Å².